The Morgan fingerprint density at radius 3 is 2.79 bits per heavy atom. The summed E-state index contributed by atoms with van der Waals surface area (Å²) in [6.07, 6.45) is 2.38. The van der Waals surface area contributed by atoms with Crippen LogP contribution in [-0.4, -0.2) is 54.3 Å². The fourth-order valence-corrected chi connectivity index (χ4v) is 3.28. The van der Waals surface area contributed by atoms with E-state index in [0.29, 0.717) is 26.1 Å². The second-order valence-electron chi connectivity index (χ2n) is 7.04. The first-order valence-corrected chi connectivity index (χ1v) is 8.55. The number of aromatic amines is 1. The van der Waals surface area contributed by atoms with Crippen LogP contribution in [0.15, 0.2) is 16.9 Å². The Balaban J connectivity index is 2.18. The zero-order valence-corrected chi connectivity index (χ0v) is 14.8. The van der Waals surface area contributed by atoms with Crippen LogP contribution >= 0.6 is 0 Å². The van der Waals surface area contributed by atoms with Crippen molar-refractivity contribution in [3.63, 3.8) is 0 Å². The molecular weight excluding hydrogens is 308 g/mol. The van der Waals surface area contributed by atoms with Crippen molar-refractivity contribution in [2.75, 3.05) is 33.4 Å². The molecule has 0 aromatic carbocycles. The Morgan fingerprint density at radius 1 is 1.46 bits per heavy atom. The van der Waals surface area contributed by atoms with E-state index in [2.05, 4.69) is 4.98 Å². The highest BCUT2D eigenvalue weighted by atomic mass is 16.5. The molecule has 1 saturated heterocycles. The minimum absolute atomic E-state index is 0.0167. The molecule has 0 saturated carbocycles. The lowest BCUT2D eigenvalue weighted by Crippen LogP contribution is -2.49. The number of carbonyl (C=O) groups is 1. The molecule has 1 aromatic heterocycles. The van der Waals surface area contributed by atoms with E-state index in [9.17, 15) is 14.7 Å². The van der Waals surface area contributed by atoms with Gasteiger partial charge in [-0.15, -0.1) is 0 Å². The number of rotatable bonds is 6. The Bertz CT molecular complexity index is 626. The molecule has 0 spiro atoms. The van der Waals surface area contributed by atoms with E-state index < -0.39 is 0 Å². The summed E-state index contributed by atoms with van der Waals surface area (Å²) < 4.78 is 5.14. The van der Waals surface area contributed by atoms with E-state index in [4.69, 9.17) is 4.74 Å². The summed E-state index contributed by atoms with van der Waals surface area (Å²) in [5.41, 5.74) is 0.303. The molecule has 134 valence electrons. The Labute approximate surface area is 142 Å². The number of aromatic nitrogens is 1. The van der Waals surface area contributed by atoms with Crippen LogP contribution in [0.25, 0.3) is 0 Å². The molecule has 1 atom stereocenters. The zero-order chi connectivity index (χ0) is 17.7. The number of piperidine rings is 1. The highest BCUT2D eigenvalue weighted by molar-refractivity contribution is 5.94. The Morgan fingerprint density at radius 2 is 2.21 bits per heavy atom. The molecule has 1 fully saturated rings. The molecule has 1 aliphatic rings. The van der Waals surface area contributed by atoms with Gasteiger partial charge in [-0.25, -0.2) is 0 Å². The van der Waals surface area contributed by atoms with E-state index in [1.54, 1.807) is 24.1 Å². The zero-order valence-electron chi connectivity index (χ0n) is 14.8. The summed E-state index contributed by atoms with van der Waals surface area (Å²) in [5, 5.41) is 9.83. The van der Waals surface area contributed by atoms with Crippen LogP contribution in [0.3, 0.4) is 0 Å². The van der Waals surface area contributed by atoms with Crippen molar-refractivity contribution in [1.82, 2.24) is 9.88 Å². The first-order valence-electron chi connectivity index (χ1n) is 8.55. The highest BCUT2D eigenvalue weighted by Crippen LogP contribution is 2.33. The van der Waals surface area contributed by atoms with Crippen molar-refractivity contribution >= 4 is 5.91 Å². The first-order chi connectivity index (χ1) is 11.4. The number of H-pyrrole nitrogens is 1. The number of pyridine rings is 1. The van der Waals surface area contributed by atoms with Gasteiger partial charge in [-0.2, -0.15) is 0 Å². The van der Waals surface area contributed by atoms with Gasteiger partial charge in [0.05, 0.1) is 6.61 Å². The van der Waals surface area contributed by atoms with Gasteiger partial charge in [0.15, 0.2) is 0 Å². The van der Waals surface area contributed by atoms with Crippen LogP contribution in [-0.2, 0) is 4.74 Å². The van der Waals surface area contributed by atoms with Crippen molar-refractivity contribution in [3.05, 3.63) is 33.7 Å². The summed E-state index contributed by atoms with van der Waals surface area (Å²) in [5.74, 6) is -0.0607. The maximum atomic E-state index is 12.8. The third-order valence-corrected chi connectivity index (χ3v) is 4.91. The van der Waals surface area contributed by atoms with E-state index >= 15 is 0 Å². The summed E-state index contributed by atoms with van der Waals surface area (Å²) in [4.78, 5) is 29.5. The standard InChI is InChI=1S/C18H28N2O4/c1-13(2)15-6-5-14(16(22)19-15)17(23)20-9-4-7-18(11-20,12-21)8-10-24-3/h5-6,13,21H,4,7-12H2,1-3H3,(H,19,22). The van der Waals surface area contributed by atoms with Gasteiger partial charge in [-0.05, 0) is 37.3 Å². The number of hydrogen-bond donors (Lipinski definition) is 2. The van der Waals surface area contributed by atoms with Crippen molar-refractivity contribution in [3.8, 4) is 0 Å². The van der Waals surface area contributed by atoms with Crippen molar-refractivity contribution in [2.45, 2.75) is 39.0 Å². The maximum absolute atomic E-state index is 12.8. The number of aliphatic hydroxyl groups excluding tert-OH is 1. The van der Waals surface area contributed by atoms with Gasteiger partial charge in [0, 0.05) is 37.9 Å². The molecule has 1 aromatic rings. The van der Waals surface area contributed by atoms with Crippen LogP contribution in [0.1, 0.15) is 55.1 Å². The SMILES string of the molecule is COCCC1(CO)CCCN(C(=O)c2ccc(C(C)C)[nH]c2=O)C1. The lowest BCUT2D eigenvalue weighted by Gasteiger charge is -2.41. The molecule has 0 radical (unpaired) electrons. The van der Waals surface area contributed by atoms with Gasteiger partial charge in [-0.3, -0.25) is 9.59 Å². The highest BCUT2D eigenvalue weighted by Gasteiger charge is 2.37. The summed E-state index contributed by atoms with van der Waals surface area (Å²) in [6, 6.07) is 3.41. The lowest BCUT2D eigenvalue weighted by atomic mass is 9.78. The van der Waals surface area contributed by atoms with Crippen LogP contribution in [0.5, 0.6) is 0 Å². The minimum Gasteiger partial charge on any atom is -0.396 e. The van der Waals surface area contributed by atoms with Gasteiger partial charge in [-0.1, -0.05) is 13.8 Å². The smallest absolute Gasteiger partial charge is 0.261 e. The number of methoxy groups -OCH3 is 1. The summed E-state index contributed by atoms with van der Waals surface area (Å²) in [7, 11) is 1.63. The number of carbonyl (C=O) groups excluding carboxylic acids is 1. The molecule has 1 unspecified atom stereocenters. The topological polar surface area (TPSA) is 82.6 Å². The molecule has 0 bridgehead atoms. The van der Waals surface area contributed by atoms with Crippen LogP contribution in [0, 0.1) is 5.41 Å². The number of amides is 1. The van der Waals surface area contributed by atoms with Crippen LogP contribution in [0.4, 0.5) is 0 Å². The quantitative estimate of drug-likeness (QED) is 0.829. The number of nitrogens with zero attached hydrogens (tertiary/aromatic N) is 1. The minimum atomic E-state index is -0.344. The molecule has 1 amide bonds. The van der Waals surface area contributed by atoms with Gasteiger partial charge in [0.1, 0.15) is 5.56 Å². The first kappa shape index (κ1) is 18.7. The third-order valence-electron chi connectivity index (χ3n) is 4.91. The number of aliphatic hydroxyl groups is 1. The van der Waals surface area contributed by atoms with E-state index in [0.717, 1.165) is 18.5 Å². The largest absolute Gasteiger partial charge is 0.396 e. The molecule has 1 aliphatic heterocycles. The lowest BCUT2D eigenvalue weighted by molar-refractivity contribution is 0.00890. The number of nitrogens with one attached hydrogen (secondary N) is 1. The predicted octanol–water partition coefficient (Wildman–Crippen LogP) is 1.75. The average Bonchev–Trinajstić information content (AvgIpc) is 2.59. The monoisotopic (exact) mass is 336 g/mol. The molecule has 6 heteroatoms. The van der Waals surface area contributed by atoms with E-state index in [-0.39, 0.29) is 35.0 Å². The van der Waals surface area contributed by atoms with Gasteiger partial charge in [0.25, 0.3) is 11.5 Å². The summed E-state index contributed by atoms with van der Waals surface area (Å²) >= 11 is 0. The molecule has 2 heterocycles. The second kappa shape index (κ2) is 7.94. The Hall–Kier alpha value is -1.66. The molecular formula is C18H28N2O4. The molecule has 2 rings (SSSR count). The third kappa shape index (κ3) is 4.05. The van der Waals surface area contributed by atoms with Gasteiger partial charge in [0.2, 0.25) is 0 Å². The van der Waals surface area contributed by atoms with E-state index in [1.807, 2.05) is 13.8 Å². The number of hydrogen-bond acceptors (Lipinski definition) is 4. The van der Waals surface area contributed by atoms with Crippen molar-refractivity contribution < 1.29 is 14.6 Å². The maximum Gasteiger partial charge on any atom is 0.261 e. The van der Waals surface area contributed by atoms with E-state index in [1.165, 1.54) is 0 Å². The second-order valence-corrected chi connectivity index (χ2v) is 7.04. The van der Waals surface area contributed by atoms with Crippen molar-refractivity contribution in [2.24, 2.45) is 5.41 Å². The molecule has 24 heavy (non-hydrogen) atoms. The average molecular weight is 336 g/mol. The normalized spacial score (nSPS) is 21.3. The summed E-state index contributed by atoms with van der Waals surface area (Å²) in [6.45, 7) is 5.61. The van der Waals surface area contributed by atoms with Crippen LogP contribution in [0.2, 0.25) is 0 Å². The molecule has 6 nitrogen and oxygen atoms in total. The predicted molar refractivity (Wildman–Crippen MR) is 92.3 cm³/mol. The fraction of sp³-hybridized carbons (Fsp3) is 0.667. The van der Waals surface area contributed by atoms with Gasteiger partial charge >= 0.3 is 0 Å². The molecule has 0 aliphatic carbocycles. The molecule has 2 N–H and O–H groups in total. The van der Waals surface area contributed by atoms with Crippen molar-refractivity contribution in [1.29, 1.82) is 0 Å². The Kier molecular flexibility index (Phi) is 6.18. The van der Waals surface area contributed by atoms with Crippen LogP contribution < -0.4 is 5.56 Å². The van der Waals surface area contributed by atoms with Gasteiger partial charge < -0.3 is 19.7 Å². The fourth-order valence-electron chi connectivity index (χ4n) is 3.28. The number of ether oxygens (including phenoxy) is 1. The number of likely N-dealkylation sites (tertiary alicyclic amines) is 1.